The minimum Gasteiger partial charge on any atom is -0.493 e. The molecule has 0 aliphatic rings. The molecule has 0 unspecified atom stereocenters. The van der Waals surface area contributed by atoms with Crippen LogP contribution < -0.4 is 5.56 Å². The van der Waals surface area contributed by atoms with Gasteiger partial charge < -0.3 is 14.6 Å². The summed E-state index contributed by atoms with van der Waals surface area (Å²) in [7, 11) is -3.80. The number of aromatic hydroxyl groups is 1. The van der Waals surface area contributed by atoms with Crippen LogP contribution in [-0.2, 0) is 26.0 Å². The highest BCUT2D eigenvalue weighted by Gasteiger charge is 2.24. The largest absolute Gasteiger partial charge is 0.493 e. The number of nitriles is 1. The summed E-state index contributed by atoms with van der Waals surface area (Å²) < 4.78 is 39.3. The zero-order valence-corrected chi connectivity index (χ0v) is 21.2. The summed E-state index contributed by atoms with van der Waals surface area (Å²) in [6, 6.07) is 7.64. The molecule has 11 nitrogen and oxygen atoms in total. The number of rotatable bonds is 13. The van der Waals surface area contributed by atoms with Crippen LogP contribution in [0.1, 0.15) is 31.9 Å². The summed E-state index contributed by atoms with van der Waals surface area (Å²) in [5.41, 5.74) is -0.185. The molecule has 1 heterocycles. The summed E-state index contributed by atoms with van der Waals surface area (Å²) in [6.07, 6.45) is 0. The van der Waals surface area contributed by atoms with Gasteiger partial charge in [0.15, 0.2) is 5.69 Å². The van der Waals surface area contributed by atoms with E-state index in [-0.39, 0.29) is 54.6 Å². The lowest BCUT2D eigenvalue weighted by molar-refractivity contribution is 0.110. The van der Waals surface area contributed by atoms with Crippen molar-refractivity contribution in [2.45, 2.75) is 39.1 Å². The average Bonchev–Trinajstić information content (AvgIpc) is 2.84. The number of sulfonamides is 1. The Balaban J connectivity index is 2.33. The number of aromatic nitrogens is 1. The Morgan fingerprint density at radius 1 is 1.06 bits per heavy atom. The fourth-order valence-corrected chi connectivity index (χ4v) is 4.67. The third-order valence-electron chi connectivity index (χ3n) is 5.20. The van der Waals surface area contributed by atoms with E-state index >= 15 is 0 Å². The van der Waals surface area contributed by atoms with Crippen LogP contribution in [0.15, 0.2) is 44.2 Å². The first-order valence-electron chi connectivity index (χ1n) is 11.3. The van der Waals surface area contributed by atoms with Gasteiger partial charge in [-0.1, -0.05) is 0 Å². The molecule has 35 heavy (non-hydrogen) atoms. The SMILES string of the molecule is CCOCCN(CCOCC)S(=O)(=O)c1ccc(N=Nc2c(C)c(C#N)c(O)n(CC)c2=O)cc1. The molecule has 0 saturated heterocycles. The van der Waals surface area contributed by atoms with Crippen molar-refractivity contribution in [1.82, 2.24) is 8.87 Å². The first-order valence-corrected chi connectivity index (χ1v) is 12.7. The highest BCUT2D eigenvalue weighted by molar-refractivity contribution is 7.89. The molecule has 190 valence electrons. The second-order valence-electron chi connectivity index (χ2n) is 7.33. The molecule has 2 rings (SSSR count). The molecule has 1 aromatic carbocycles. The predicted molar refractivity (Wildman–Crippen MR) is 130 cm³/mol. The minimum atomic E-state index is -3.80. The lowest BCUT2D eigenvalue weighted by atomic mass is 10.1. The molecular weight excluding hydrogens is 474 g/mol. The molecule has 0 aliphatic heterocycles. The molecule has 0 amide bonds. The smallest absolute Gasteiger partial charge is 0.281 e. The number of nitrogens with zero attached hydrogens (tertiary/aromatic N) is 5. The zero-order valence-electron chi connectivity index (χ0n) is 20.4. The quantitative estimate of drug-likeness (QED) is 0.325. The van der Waals surface area contributed by atoms with Gasteiger partial charge in [0.2, 0.25) is 15.9 Å². The number of hydrogen-bond acceptors (Lipinski definition) is 9. The van der Waals surface area contributed by atoms with Gasteiger partial charge in [-0.05, 0) is 52.0 Å². The van der Waals surface area contributed by atoms with Crippen LogP contribution in [0.4, 0.5) is 11.4 Å². The normalized spacial score (nSPS) is 11.9. The maximum Gasteiger partial charge on any atom is 0.281 e. The average molecular weight is 506 g/mol. The van der Waals surface area contributed by atoms with Gasteiger partial charge in [0.1, 0.15) is 11.6 Å². The number of azo groups is 1. The van der Waals surface area contributed by atoms with Crippen LogP contribution in [0, 0.1) is 18.3 Å². The van der Waals surface area contributed by atoms with Crippen LogP contribution in [-0.4, -0.2) is 61.9 Å². The van der Waals surface area contributed by atoms with E-state index in [4.69, 9.17) is 9.47 Å². The van der Waals surface area contributed by atoms with Crippen molar-refractivity contribution in [3.63, 3.8) is 0 Å². The first-order chi connectivity index (χ1) is 16.7. The van der Waals surface area contributed by atoms with Crippen LogP contribution in [0.25, 0.3) is 0 Å². The highest BCUT2D eigenvalue weighted by Crippen LogP contribution is 2.27. The third kappa shape index (κ3) is 6.73. The fourth-order valence-electron chi connectivity index (χ4n) is 3.27. The Hall–Kier alpha value is -3.11. The fraction of sp³-hybridized carbons (Fsp3) is 0.478. The Morgan fingerprint density at radius 3 is 2.11 bits per heavy atom. The van der Waals surface area contributed by atoms with E-state index in [0.717, 1.165) is 4.57 Å². The van der Waals surface area contributed by atoms with E-state index in [0.29, 0.717) is 18.9 Å². The predicted octanol–water partition coefficient (Wildman–Crippen LogP) is 3.23. The molecule has 0 saturated carbocycles. The van der Waals surface area contributed by atoms with Crippen molar-refractivity contribution in [3.05, 3.63) is 45.7 Å². The van der Waals surface area contributed by atoms with E-state index in [2.05, 4.69) is 10.2 Å². The number of hydrogen-bond donors (Lipinski definition) is 1. The molecule has 0 fully saturated rings. The summed E-state index contributed by atoms with van der Waals surface area (Å²) in [5.74, 6) is -0.413. The third-order valence-corrected chi connectivity index (χ3v) is 7.12. The lowest BCUT2D eigenvalue weighted by Crippen LogP contribution is -2.36. The van der Waals surface area contributed by atoms with Crippen molar-refractivity contribution in [1.29, 1.82) is 5.26 Å². The van der Waals surface area contributed by atoms with Gasteiger partial charge in [0.25, 0.3) is 5.56 Å². The first kappa shape index (κ1) is 28.1. The second kappa shape index (κ2) is 13.1. The Labute approximate surface area is 205 Å². The highest BCUT2D eigenvalue weighted by atomic mass is 32.2. The van der Waals surface area contributed by atoms with Gasteiger partial charge in [-0.25, -0.2) is 8.42 Å². The van der Waals surface area contributed by atoms with Crippen LogP contribution >= 0.6 is 0 Å². The summed E-state index contributed by atoms with van der Waals surface area (Å²) in [4.78, 5) is 12.7. The van der Waals surface area contributed by atoms with Crippen molar-refractivity contribution in [2.24, 2.45) is 10.2 Å². The number of benzene rings is 1. The van der Waals surface area contributed by atoms with Crippen LogP contribution in [0.5, 0.6) is 5.88 Å². The maximum absolute atomic E-state index is 13.1. The molecular formula is C23H31N5O6S. The van der Waals surface area contributed by atoms with E-state index in [9.17, 15) is 23.6 Å². The molecule has 1 N–H and O–H groups in total. The zero-order chi connectivity index (χ0) is 26.0. The number of pyridine rings is 1. The van der Waals surface area contributed by atoms with E-state index < -0.39 is 21.5 Å². The topological polar surface area (TPSA) is 147 Å². The van der Waals surface area contributed by atoms with Gasteiger partial charge in [-0.15, -0.1) is 5.11 Å². The molecule has 0 bridgehead atoms. The van der Waals surface area contributed by atoms with Gasteiger partial charge >= 0.3 is 0 Å². The van der Waals surface area contributed by atoms with Crippen molar-refractivity contribution in [3.8, 4) is 11.9 Å². The monoisotopic (exact) mass is 505 g/mol. The standard InChI is InChI=1S/C23H31N5O6S/c1-5-28-22(29)20(16-24)17(4)21(23(28)30)26-25-18-8-10-19(11-9-18)35(31,32)27(12-14-33-6-2)13-15-34-7-3/h8-11,29H,5-7,12-15H2,1-4H3. The van der Waals surface area contributed by atoms with Crippen molar-refractivity contribution < 1.29 is 23.0 Å². The summed E-state index contributed by atoms with van der Waals surface area (Å²) in [5, 5.41) is 27.5. The lowest BCUT2D eigenvalue weighted by Gasteiger charge is -2.22. The Kier molecular flexibility index (Phi) is 10.5. The molecule has 12 heteroatoms. The molecule has 0 atom stereocenters. The van der Waals surface area contributed by atoms with E-state index in [1.54, 1.807) is 6.92 Å². The van der Waals surface area contributed by atoms with Gasteiger partial charge in [0, 0.05) is 38.4 Å². The summed E-state index contributed by atoms with van der Waals surface area (Å²) in [6.45, 7) is 8.86. The Bertz CT molecular complexity index is 1220. The molecule has 0 aliphatic carbocycles. The molecule has 2 aromatic rings. The van der Waals surface area contributed by atoms with Gasteiger partial charge in [-0.2, -0.15) is 14.7 Å². The number of ether oxygens (including phenoxy) is 2. The maximum atomic E-state index is 13.1. The van der Waals surface area contributed by atoms with Crippen molar-refractivity contribution in [2.75, 3.05) is 39.5 Å². The minimum absolute atomic E-state index is 0.0546. The molecule has 1 aromatic heterocycles. The molecule has 0 spiro atoms. The molecule has 0 radical (unpaired) electrons. The van der Waals surface area contributed by atoms with Crippen molar-refractivity contribution >= 4 is 21.4 Å². The van der Waals surface area contributed by atoms with Gasteiger partial charge in [0.05, 0.1) is 23.8 Å². The van der Waals surface area contributed by atoms with E-state index in [1.807, 2.05) is 19.9 Å². The van der Waals surface area contributed by atoms with Gasteiger partial charge in [-0.3, -0.25) is 9.36 Å². The van der Waals surface area contributed by atoms with E-state index in [1.165, 1.54) is 35.5 Å². The second-order valence-corrected chi connectivity index (χ2v) is 9.26. The summed E-state index contributed by atoms with van der Waals surface area (Å²) >= 11 is 0. The van der Waals surface area contributed by atoms with Crippen LogP contribution in [0.2, 0.25) is 0 Å². The Morgan fingerprint density at radius 2 is 1.63 bits per heavy atom. The van der Waals surface area contributed by atoms with Crippen LogP contribution in [0.3, 0.4) is 0 Å².